The number of hydrogen-bond donors (Lipinski definition) is 1. The van der Waals surface area contributed by atoms with Crippen LogP contribution in [0.5, 0.6) is 0 Å². The molecule has 0 aliphatic carbocycles. The van der Waals surface area contributed by atoms with Crippen molar-refractivity contribution in [1.29, 1.82) is 0 Å². The van der Waals surface area contributed by atoms with Crippen LogP contribution in [0, 0.1) is 6.92 Å². The zero-order chi connectivity index (χ0) is 12.7. The molecule has 0 amide bonds. The van der Waals surface area contributed by atoms with Gasteiger partial charge in [0.05, 0.1) is 16.9 Å². The number of anilines is 1. The van der Waals surface area contributed by atoms with E-state index in [0.29, 0.717) is 22.2 Å². The minimum absolute atomic E-state index is 0.491. The molecule has 0 radical (unpaired) electrons. The zero-order valence-corrected chi connectivity index (χ0v) is 10.5. The second kappa shape index (κ2) is 3.99. The summed E-state index contributed by atoms with van der Waals surface area (Å²) in [5.41, 5.74) is 9.06. The first-order valence-corrected chi connectivity index (χ1v) is 5.90. The van der Waals surface area contributed by atoms with Crippen LogP contribution in [0.2, 0.25) is 5.02 Å². The summed E-state index contributed by atoms with van der Waals surface area (Å²) >= 11 is 5.97. The van der Waals surface area contributed by atoms with E-state index in [0.717, 1.165) is 11.1 Å². The third-order valence-electron chi connectivity index (χ3n) is 2.84. The molecule has 2 heterocycles. The Bertz CT molecular complexity index is 694. The summed E-state index contributed by atoms with van der Waals surface area (Å²) in [7, 11) is 0. The molecule has 90 valence electrons. The van der Waals surface area contributed by atoms with Gasteiger partial charge in [0.1, 0.15) is 0 Å². The van der Waals surface area contributed by atoms with Crippen molar-refractivity contribution in [3.05, 3.63) is 47.1 Å². The van der Waals surface area contributed by atoms with E-state index < -0.39 is 0 Å². The summed E-state index contributed by atoms with van der Waals surface area (Å²) < 4.78 is 1.64. The minimum atomic E-state index is 0.491. The Kier molecular flexibility index (Phi) is 2.45. The van der Waals surface area contributed by atoms with Gasteiger partial charge in [-0.1, -0.05) is 35.9 Å². The van der Waals surface area contributed by atoms with Crippen LogP contribution in [-0.4, -0.2) is 14.6 Å². The summed E-state index contributed by atoms with van der Waals surface area (Å²) in [6, 6.07) is 9.70. The van der Waals surface area contributed by atoms with Gasteiger partial charge < -0.3 is 5.73 Å². The fraction of sp³-hybridized carbons (Fsp3) is 0.0769. The maximum Gasteiger partial charge on any atom is 0.182 e. The molecule has 0 aliphatic heterocycles. The quantitative estimate of drug-likeness (QED) is 0.730. The van der Waals surface area contributed by atoms with Crippen molar-refractivity contribution in [1.82, 2.24) is 14.6 Å². The summed E-state index contributed by atoms with van der Waals surface area (Å²) in [5.74, 6) is 0.676. The molecule has 0 fully saturated rings. The number of pyridine rings is 1. The second-order valence-corrected chi connectivity index (χ2v) is 4.54. The molecule has 4 nitrogen and oxygen atoms in total. The van der Waals surface area contributed by atoms with Gasteiger partial charge in [-0.25, -0.2) is 9.50 Å². The number of rotatable bonds is 1. The highest BCUT2D eigenvalue weighted by molar-refractivity contribution is 6.33. The van der Waals surface area contributed by atoms with Crippen LogP contribution in [-0.2, 0) is 0 Å². The average Bonchev–Trinajstić information content (AvgIpc) is 2.73. The van der Waals surface area contributed by atoms with Gasteiger partial charge in [0, 0.05) is 11.6 Å². The van der Waals surface area contributed by atoms with E-state index in [1.54, 1.807) is 16.8 Å². The lowest BCUT2D eigenvalue weighted by Gasteiger charge is -1.98. The molecule has 5 heteroatoms. The summed E-state index contributed by atoms with van der Waals surface area (Å²) in [6.07, 6.45) is 1.67. The van der Waals surface area contributed by atoms with Crippen LogP contribution >= 0.6 is 11.6 Å². The number of nitrogens with zero attached hydrogens (tertiary/aromatic N) is 3. The Morgan fingerprint density at radius 3 is 2.83 bits per heavy atom. The van der Waals surface area contributed by atoms with Gasteiger partial charge in [-0.05, 0) is 12.5 Å². The largest absolute Gasteiger partial charge is 0.396 e. The molecule has 1 aromatic carbocycles. The number of aryl methyl sites for hydroxylation is 1. The molecule has 2 aromatic heterocycles. The van der Waals surface area contributed by atoms with Crippen molar-refractivity contribution in [2.45, 2.75) is 6.92 Å². The molecule has 0 unspecified atom stereocenters. The van der Waals surface area contributed by atoms with Crippen molar-refractivity contribution in [3.8, 4) is 11.4 Å². The molecule has 0 atom stereocenters. The fourth-order valence-corrected chi connectivity index (χ4v) is 2.00. The number of nitrogen functional groups attached to an aromatic ring is 1. The molecule has 18 heavy (non-hydrogen) atoms. The van der Waals surface area contributed by atoms with Crippen LogP contribution < -0.4 is 5.73 Å². The van der Waals surface area contributed by atoms with Gasteiger partial charge in [0.2, 0.25) is 0 Å². The first-order chi connectivity index (χ1) is 8.65. The average molecular weight is 259 g/mol. The van der Waals surface area contributed by atoms with Crippen molar-refractivity contribution in [3.63, 3.8) is 0 Å². The predicted octanol–water partition coefficient (Wildman–Crippen LogP) is 2.94. The van der Waals surface area contributed by atoms with Crippen molar-refractivity contribution in [2.75, 3.05) is 5.73 Å². The molecule has 0 saturated carbocycles. The van der Waals surface area contributed by atoms with Crippen molar-refractivity contribution < 1.29 is 0 Å². The molecule has 0 aliphatic rings. The first-order valence-electron chi connectivity index (χ1n) is 5.52. The van der Waals surface area contributed by atoms with Gasteiger partial charge in [-0.3, -0.25) is 0 Å². The lowest BCUT2D eigenvalue weighted by molar-refractivity contribution is 0.967. The Morgan fingerprint density at radius 2 is 2.06 bits per heavy atom. The third-order valence-corrected chi connectivity index (χ3v) is 3.16. The van der Waals surface area contributed by atoms with E-state index in [-0.39, 0.29) is 0 Å². The summed E-state index contributed by atoms with van der Waals surface area (Å²) in [5, 5.41) is 4.90. The van der Waals surface area contributed by atoms with E-state index >= 15 is 0 Å². The Morgan fingerprint density at radius 1 is 1.28 bits per heavy atom. The van der Waals surface area contributed by atoms with Gasteiger partial charge in [0.15, 0.2) is 11.5 Å². The normalized spacial score (nSPS) is 11.0. The summed E-state index contributed by atoms with van der Waals surface area (Å²) in [4.78, 5) is 4.46. The van der Waals surface area contributed by atoms with E-state index in [9.17, 15) is 0 Å². The minimum Gasteiger partial charge on any atom is -0.396 e. The maximum atomic E-state index is 5.97. The number of benzene rings is 1. The van der Waals surface area contributed by atoms with Crippen LogP contribution in [0.1, 0.15) is 5.56 Å². The van der Waals surface area contributed by atoms with Crippen LogP contribution in [0.4, 0.5) is 5.69 Å². The van der Waals surface area contributed by atoms with Gasteiger partial charge in [0.25, 0.3) is 0 Å². The Hall–Kier alpha value is -2.07. The Labute approximate surface area is 109 Å². The lowest BCUT2D eigenvalue weighted by atomic mass is 10.1. The molecule has 0 bridgehead atoms. The molecule has 2 N–H and O–H groups in total. The smallest absolute Gasteiger partial charge is 0.182 e. The number of aromatic nitrogens is 3. The van der Waals surface area contributed by atoms with Crippen molar-refractivity contribution >= 4 is 22.9 Å². The first kappa shape index (κ1) is 11.0. The number of hydrogen-bond acceptors (Lipinski definition) is 3. The second-order valence-electron chi connectivity index (χ2n) is 4.13. The molecule has 0 saturated heterocycles. The van der Waals surface area contributed by atoms with E-state index in [4.69, 9.17) is 17.3 Å². The maximum absolute atomic E-state index is 5.97. The number of halogens is 1. The molecular formula is C13H11ClN4. The van der Waals surface area contributed by atoms with E-state index in [1.807, 2.05) is 31.2 Å². The predicted molar refractivity (Wildman–Crippen MR) is 72.6 cm³/mol. The topological polar surface area (TPSA) is 56.2 Å². The highest BCUT2D eigenvalue weighted by Crippen LogP contribution is 2.23. The van der Waals surface area contributed by atoms with Crippen LogP contribution in [0.25, 0.3) is 17.0 Å². The van der Waals surface area contributed by atoms with E-state index in [1.165, 1.54) is 0 Å². The molecule has 0 spiro atoms. The zero-order valence-electron chi connectivity index (χ0n) is 9.76. The molecule has 3 rings (SSSR count). The fourth-order valence-electron chi connectivity index (χ4n) is 1.86. The van der Waals surface area contributed by atoms with Crippen LogP contribution in [0.15, 0.2) is 36.5 Å². The van der Waals surface area contributed by atoms with Crippen molar-refractivity contribution in [2.24, 2.45) is 0 Å². The summed E-state index contributed by atoms with van der Waals surface area (Å²) in [6.45, 7) is 2.03. The third kappa shape index (κ3) is 1.71. The highest BCUT2D eigenvalue weighted by Gasteiger charge is 2.09. The van der Waals surface area contributed by atoms with Crippen LogP contribution in [0.3, 0.4) is 0 Å². The van der Waals surface area contributed by atoms with Gasteiger partial charge in [-0.2, -0.15) is 0 Å². The Balaban J connectivity index is 2.23. The molecular weight excluding hydrogens is 248 g/mol. The number of nitrogens with two attached hydrogens (primary N) is 1. The highest BCUT2D eigenvalue weighted by atomic mass is 35.5. The molecule has 3 aromatic rings. The monoisotopic (exact) mass is 258 g/mol. The SMILES string of the molecule is Cc1ccccc1-c1nc2cc(Cl)c(N)cn2n1. The van der Waals surface area contributed by atoms with Gasteiger partial charge in [-0.15, -0.1) is 5.10 Å². The van der Waals surface area contributed by atoms with E-state index in [2.05, 4.69) is 10.1 Å². The number of fused-ring (bicyclic) bond motifs is 1. The van der Waals surface area contributed by atoms with Gasteiger partial charge >= 0.3 is 0 Å². The standard InChI is InChI=1S/C13H11ClN4/c1-8-4-2-3-5-9(8)13-16-12-6-10(14)11(15)7-18(12)17-13/h2-7H,15H2,1H3. The lowest BCUT2D eigenvalue weighted by Crippen LogP contribution is -1.93.